The number of nitriles is 1. The van der Waals surface area contributed by atoms with Gasteiger partial charge in [0, 0.05) is 11.3 Å². The van der Waals surface area contributed by atoms with Gasteiger partial charge in [-0.25, -0.2) is 9.97 Å². The first-order valence-electron chi connectivity index (χ1n) is 5.58. The third kappa shape index (κ3) is 2.48. The van der Waals surface area contributed by atoms with Gasteiger partial charge >= 0.3 is 0 Å². The summed E-state index contributed by atoms with van der Waals surface area (Å²) in [7, 11) is 0. The maximum absolute atomic E-state index is 8.88. The average Bonchev–Trinajstić information content (AvgIpc) is 2.38. The van der Waals surface area contributed by atoms with Crippen molar-refractivity contribution < 1.29 is 0 Å². The molecule has 0 fully saturated rings. The van der Waals surface area contributed by atoms with Gasteiger partial charge in [0.25, 0.3) is 0 Å². The van der Waals surface area contributed by atoms with Crippen LogP contribution in [0.3, 0.4) is 0 Å². The lowest BCUT2D eigenvalue weighted by Gasteiger charge is -2.03. The molecule has 0 aliphatic heterocycles. The molecule has 17 heavy (non-hydrogen) atoms. The lowest BCUT2D eigenvalue weighted by Crippen LogP contribution is -1.95. The van der Waals surface area contributed by atoms with E-state index in [-0.39, 0.29) is 0 Å². The number of aromatic nitrogens is 2. The molecule has 0 aliphatic rings. The highest BCUT2D eigenvalue weighted by atomic mass is 14.9. The Morgan fingerprint density at radius 1 is 1.18 bits per heavy atom. The van der Waals surface area contributed by atoms with Gasteiger partial charge in [-0.15, -0.1) is 0 Å². The zero-order valence-electron chi connectivity index (χ0n) is 9.94. The molecule has 0 unspecified atom stereocenters. The third-order valence-corrected chi connectivity index (χ3v) is 2.59. The Kier molecular flexibility index (Phi) is 3.15. The van der Waals surface area contributed by atoms with E-state index in [2.05, 4.69) is 29.0 Å². The van der Waals surface area contributed by atoms with Crippen LogP contribution in [0.1, 0.15) is 23.9 Å². The van der Waals surface area contributed by atoms with Gasteiger partial charge in [0.2, 0.25) is 0 Å². The molecule has 3 nitrogen and oxygen atoms in total. The van der Waals surface area contributed by atoms with Gasteiger partial charge in [0.15, 0.2) is 5.82 Å². The fraction of sp³-hybridized carbons (Fsp3) is 0.214. The summed E-state index contributed by atoms with van der Waals surface area (Å²) in [5, 5.41) is 8.88. The lowest BCUT2D eigenvalue weighted by atomic mass is 10.1. The molecule has 0 atom stereocenters. The summed E-state index contributed by atoms with van der Waals surface area (Å²) in [4.78, 5) is 8.55. The Labute approximate surface area is 101 Å². The van der Waals surface area contributed by atoms with Crippen molar-refractivity contribution in [3.63, 3.8) is 0 Å². The maximum atomic E-state index is 8.88. The highest BCUT2D eigenvalue weighted by Crippen LogP contribution is 2.16. The largest absolute Gasteiger partial charge is 0.233 e. The van der Waals surface area contributed by atoms with Crippen molar-refractivity contribution in [2.75, 3.05) is 0 Å². The van der Waals surface area contributed by atoms with E-state index in [0.29, 0.717) is 11.5 Å². The first-order valence-corrected chi connectivity index (χ1v) is 5.58. The molecule has 0 aliphatic carbocycles. The van der Waals surface area contributed by atoms with E-state index in [1.54, 1.807) is 6.07 Å². The zero-order valence-corrected chi connectivity index (χ0v) is 9.94. The molecule has 1 aromatic heterocycles. The smallest absolute Gasteiger partial charge is 0.160 e. The molecular weight excluding hydrogens is 210 g/mol. The monoisotopic (exact) mass is 223 g/mol. The minimum Gasteiger partial charge on any atom is -0.233 e. The molecule has 0 amide bonds. The zero-order chi connectivity index (χ0) is 12.3. The van der Waals surface area contributed by atoms with Gasteiger partial charge in [-0.3, -0.25) is 0 Å². The second kappa shape index (κ2) is 4.75. The first-order chi connectivity index (χ1) is 8.22. The Hall–Kier alpha value is -2.21. The Morgan fingerprint density at radius 2 is 1.88 bits per heavy atom. The van der Waals surface area contributed by atoms with Crippen molar-refractivity contribution >= 4 is 0 Å². The van der Waals surface area contributed by atoms with Crippen LogP contribution in [0.15, 0.2) is 30.3 Å². The molecule has 1 heterocycles. The average molecular weight is 223 g/mol. The fourth-order valence-electron chi connectivity index (χ4n) is 1.64. The third-order valence-electron chi connectivity index (χ3n) is 2.59. The molecule has 0 saturated heterocycles. The van der Waals surface area contributed by atoms with Crippen LogP contribution in [-0.4, -0.2) is 9.97 Å². The van der Waals surface area contributed by atoms with Crippen molar-refractivity contribution in [2.24, 2.45) is 0 Å². The van der Waals surface area contributed by atoms with E-state index in [4.69, 9.17) is 5.26 Å². The molecule has 0 spiro atoms. The highest BCUT2D eigenvalue weighted by molar-refractivity contribution is 5.56. The topological polar surface area (TPSA) is 49.6 Å². The molecule has 0 bridgehead atoms. The summed E-state index contributed by atoms with van der Waals surface area (Å²) in [6.07, 6.45) is 1.01. The van der Waals surface area contributed by atoms with Gasteiger partial charge in [0.1, 0.15) is 11.8 Å². The van der Waals surface area contributed by atoms with Crippen LogP contribution in [0.5, 0.6) is 0 Å². The predicted molar refractivity (Wildman–Crippen MR) is 66.3 cm³/mol. The normalized spacial score (nSPS) is 9.94. The van der Waals surface area contributed by atoms with E-state index < -0.39 is 0 Å². The summed E-state index contributed by atoms with van der Waals surface area (Å²) in [6, 6.07) is 11.8. The maximum Gasteiger partial charge on any atom is 0.160 e. The number of hydrogen-bond donors (Lipinski definition) is 0. The van der Waals surface area contributed by atoms with Gasteiger partial charge in [-0.1, -0.05) is 31.2 Å². The standard InChI is InChI=1S/C14H13N3/c1-3-11-4-6-12(7-5-11)14-16-10(2)8-13(9-15)17-14/h4-8H,3H2,1-2H3. The first kappa shape index (κ1) is 11.3. The summed E-state index contributed by atoms with van der Waals surface area (Å²) in [5.41, 5.74) is 3.45. The number of benzene rings is 1. The van der Waals surface area contributed by atoms with Crippen LogP contribution >= 0.6 is 0 Å². The highest BCUT2D eigenvalue weighted by Gasteiger charge is 2.04. The summed E-state index contributed by atoms with van der Waals surface area (Å²) >= 11 is 0. The second-order valence-corrected chi connectivity index (χ2v) is 3.88. The number of hydrogen-bond acceptors (Lipinski definition) is 3. The van der Waals surface area contributed by atoms with Crippen molar-refractivity contribution in [3.8, 4) is 17.5 Å². The second-order valence-electron chi connectivity index (χ2n) is 3.88. The molecule has 2 aromatic rings. The SMILES string of the molecule is CCc1ccc(-c2nc(C)cc(C#N)n2)cc1. The predicted octanol–water partition coefficient (Wildman–Crippen LogP) is 2.89. The van der Waals surface area contributed by atoms with E-state index in [1.165, 1.54) is 5.56 Å². The Balaban J connectivity index is 2.45. The van der Waals surface area contributed by atoms with Crippen LogP contribution in [-0.2, 0) is 6.42 Å². The fourth-order valence-corrected chi connectivity index (χ4v) is 1.64. The van der Waals surface area contributed by atoms with E-state index in [9.17, 15) is 0 Å². The number of rotatable bonds is 2. The molecule has 2 rings (SSSR count). The van der Waals surface area contributed by atoms with Crippen LogP contribution in [0.4, 0.5) is 0 Å². The number of nitrogens with zero attached hydrogens (tertiary/aromatic N) is 3. The summed E-state index contributed by atoms with van der Waals surface area (Å²) < 4.78 is 0. The summed E-state index contributed by atoms with van der Waals surface area (Å²) in [6.45, 7) is 3.98. The minimum atomic E-state index is 0.409. The minimum absolute atomic E-state index is 0.409. The molecule has 1 aromatic carbocycles. The van der Waals surface area contributed by atoms with Gasteiger partial charge < -0.3 is 0 Å². The molecule has 0 N–H and O–H groups in total. The van der Waals surface area contributed by atoms with E-state index in [0.717, 1.165) is 17.7 Å². The lowest BCUT2D eigenvalue weighted by molar-refractivity contribution is 1.09. The van der Waals surface area contributed by atoms with Gasteiger partial charge in [0.05, 0.1) is 0 Å². The molecule has 84 valence electrons. The van der Waals surface area contributed by atoms with Crippen LogP contribution in [0.2, 0.25) is 0 Å². The molecule has 0 radical (unpaired) electrons. The van der Waals surface area contributed by atoms with Crippen molar-refractivity contribution in [2.45, 2.75) is 20.3 Å². The number of aryl methyl sites for hydroxylation is 2. The summed E-state index contributed by atoms with van der Waals surface area (Å²) in [5.74, 6) is 0.615. The van der Waals surface area contributed by atoms with Crippen LogP contribution in [0, 0.1) is 18.3 Å². The van der Waals surface area contributed by atoms with Crippen molar-refractivity contribution in [1.29, 1.82) is 5.26 Å². The van der Waals surface area contributed by atoms with Crippen LogP contribution in [0.25, 0.3) is 11.4 Å². The van der Waals surface area contributed by atoms with E-state index >= 15 is 0 Å². The Bertz CT molecular complexity index is 565. The molecule has 0 saturated carbocycles. The van der Waals surface area contributed by atoms with Crippen molar-refractivity contribution in [3.05, 3.63) is 47.3 Å². The molecule has 3 heteroatoms. The van der Waals surface area contributed by atoms with Crippen molar-refractivity contribution in [1.82, 2.24) is 9.97 Å². The molecular formula is C14H13N3. The quantitative estimate of drug-likeness (QED) is 0.786. The van der Waals surface area contributed by atoms with Gasteiger partial charge in [-0.05, 0) is 25.0 Å². The van der Waals surface area contributed by atoms with E-state index in [1.807, 2.05) is 25.1 Å². The van der Waals surface area contributed by atoms with Gasteiger partial charge in [-0.2, -0.15) is 5.26 Å². The Morgan fingerprint density at radius 3 is 2.47 bits per heavy atom. The van der Waals surface area contributed by atoms with Crippen LogP contribution < -0.4 is 0 Å².